The average molecular weight is 312 g/mol. The Hall–Kier alpha value is -1.35. The molecule has 3 heteroatoms. The Balaban J connectivity index is 1.24. The lowest BCUT2D eigenvalue weighted by Gasteiger charge is -2.35. The highest BCUT2D eigenvalue weighted by Gasteiger charge is 2.40. The molecule has 0 radical (unpaired) electrons. The van der Waals surface area contributed by atoms with Gasteiger partial charge in [0.05, 0.1) is 0 Å². The van der Waals surface area contributed by atoms with E-state index < -0.39 is 0 Å². The predicted octanol–water partition coefficient (Wildman–Crippen LogP) is 3.16. The van der Waals surface area contributed by atoms with Crippen LogP contribution < -0.4 is 0 Å². The van der Waals surface area contributed by atoms with Crippen molar-refractivity contribution in [2.24, 2.45) is 17.8 Å². The fraction of sp³-hybridized carbons (Fsp3) is 0.650. The molecule has 2 aliphatic carbocycles. The normalized spacial score (nSPS) is 30.8. The highest BCUT2D eigenvalue weighted by Crippen LogP contribution is 2.49. The van der Waals surface area contributed by atoms with Crippen LogP contribution in [0.25, 0.3) is 0 Å². The second-order valence-corrected chi connectivity index (χ2v) is 7.78. The molecular weight excluding hydrogens is 284 g/mol. The monoisotopic (exact) mass is 312 g/mol. The first-order chi connectivity index (χ1) is 11.3. The number of rotatable bonds is 4. The minimum atomic E-state index is 0.418. The van der Waals surface area contributed by atoms with Gasteiger partial charge in [-0.3, -0.25) is 9.69 Å². The molecule has 1 amide bonds. The summed E-state index contributed by atoms with van der Waals surface area (Å²) in [4.78, 5) is 17.2. The maximum absolute atomic E-state index is 12.6. The Morgan fingerprint density at radius 2 is 1.78 bits per heavy atom. The molecule has 3 nitrogen and oxygen atoms in total. The highest BCUT2D eigenvalue weighted by molar-refractivity contribution is 5.76. The molecule has 1 heterocycles. The molecule has 0 N–H and O–H groups in total. The summed E-state index contributed by atoms with van der Waals surface area (Å²) in [5.74, 6) is 2.93. The fourth-order valence-electron chi connectivity index (χ4n) is 4.98. The van der Waals surface area contributed by atoms with E-state index >= 15 is 0 Å². The Bertz CT molecular complexity index is 536. The second kappa shape index (κ2) is 6.64. The number of amides is 1. The largest absolute Gasteiger partial charge is 0.340 e. The van der Waals surface area contributed by atoms with Crippen molar-refractivity contribution in [2.75, 3.05) is 26.2 Å². The van der Waals surface area contributed by atoms with E-state index in [9.17, 15) is 4.79 Å². The van der Waals surface area contributed by atoms with Crippen LogP contribution in [0.2, 0.25) is 0 Å². The molecule has 3 unspecified atom stereocenters. The second-order valence-electron chi connectivity index (χ2n) is 7.78. The lowest BCUT2D eigenvalue weighted by Crippen LogP contribution is -2.48. The van der Waals surface area contributed by atoms with Crippen LogP contribution in [-0.4, -0.2) is 41.9 Å². The number of hydrogen-bond acceptors (Lipinski definition) is 2. The Labute approximate surface area is 139 Å². The van der Waals surface area contributed by atoms with Crippen LogP contribution in [0.5, 0.6) is 0 Å². The van der Waals surface area contributed by atoms with Gasteiger partial charge >= 0.3 is 0 Å². The molecule has 3 atom stereocenters. The number of carbonyl (C=O) groups excluding carboxylic acids is 1. The zero-order valence-electron chi connectivity index (χ0n) is 14.0. The van der Waals surface area contributed by atoms with Gasteiger partial charge in [-0.05, 0) is 42.6 Å². The van der Waals surface area contributed by atoms with E-state index in [4.69, 9.17) is 0 Å². The summed E-state index contributed by atoms with van der Waals surface area (Å²) in [5, 5.41) is 0. The molecule has 2 saturated carbocycles. The van der Waals surface area contributed by atoms with Gasteiger partial charge in [0, 0.05) is 39.1 Å². The first-order valence-corrected chi connectivity index (χ1v) is 9.32. The summed E-state index contributed by atoms with van der Waals surface area (Å²) in [6.07, 6.45) is 6.36. The average Bonchev–Trinajstić information content (AvgIpc) is 3.19. The van der Waals surface area contributed by atoms with Crippen molar-refractivity contribution in [3.05, 3.63) is 35.9 Å². The standard InChI is InChI=1S/C20H28N2O/c23-20(14-19-13-17-6-7-18(19)12-17)22-10-8-21(9-11-22)15-16-4-2-1-3-5-16/h1-5,17-19H,6-15H2. The molecule has 0 aromatic heterocycles. The number of carbonyl (C=O) groups is 1. The van der Waals surface area contributed by atoms with Gasteiger partial charge in [-0.1, -0.05) is 36.8 Å². The molecule has 1 aromatic carbocycles. The van der Waals surface area contributed by atoms with Gasteiger partial charge in [0.1, 0.15) is 0 Å². The summed E-state index contributed by atoms with van der Waals surface area (Å²) < 4.78 is 0. The van der Waals surface area contributed by atoms with E-state index in [0.717, 1.165) is 51.0 Å². The van der Waals surface area contributed by atoms with Crippen molar-refractivity contribution in [1.82, 2.24) is 9.80 Å². The Morgan fingerprint density at radius 3 is 2.43 bits per heavy atom. The Kier molecular flexibility index (Phi) is 4.39. The van der Waals surface area contributed by atoms with Crippen molar-refractivity contribution in [3.8, 4) is 0 Å². The molecule has 3 fully saturated rings. The topological polar surface area (TPSA) is 23.6 Å². The van der Waals surface area contributed by atoms with E-state index in [1.807, 2.05) is 0 Å². The van der Waals surface area contributed by atoms with Crippen LogP contribution >= 0.6 is 0 Å². The lowest BCUT2D eigenvalue weighted by atomic mass is 9.86. The molecule has 3 aliphatic rings. The minimum absolute atomic E-state index is 0.418. The molecule has 124 valence electrons. The molecule has 1 aliphatic heterocycles. The number of fused-ring (bicyclic) bond motifs is 2. The lowest BCUT2D eigenvalue weighted by molar-refractivity contribution is -0.134. The minimum Gasteiger partial charge on any atom is -0.340 e. The molecular formula is C20H28N2O. The van der Waals surface area contributed by atoms with Gasteiger partial charge in [-0.2, -0.15) is 0 Å². The van der Waals surface area contributed by atoms with Crippen LogP contribution in [0.4, 0.5) is 0 Å². The van der Waals surface area contributed by atoms with Crippen LogP contribution in [0, 0.1) is 17.8 Å². The maximum atomic E-state index is 12.6. The third-order valence-electron chi connectivity index (χ3n) is 6.30. The van der Waals surface area contributed by atoms with Gasteiger partial charge in [0.15, 0.2) is 0 Å². The molecule has 2 bridgehead atoms. The van der Waals surface area contributed by atoms with Gasteiger partial charge in [-0.25, -0.2) is 0 Å². The van der Waals surface area contributed by atoms with E-state index in [1.54, 1.807) is 0 Å². The third kappa shape index (κ3) is 3.45. The van der Waals surface area contributed by atoms with Crippen LogP contribution in [-0.2, 0) is 11.3 Å². The van der Waals surface area contributed by atoms with Crippen molar-refractivity contribution in [1.29, 1.82) is 0 Å². The first kappa shape index (κ1) is 15.2. The zero-order valence-corrected chi connectivity index (χ0v) is 14.0. The summed E-state index contributed by atoms with van der Waals surface area (Å²) in [6, 6.07) is 10.6. The van der Waals surface area contributed by atoms with Crippen LogP contribution in [0.1, 0.15) is 37.7 Å². The summed E-state index contributed by atoms with van der Waals surface area (Å²) >= 11 is 0. The van der Waals surface area contributed by atoms with Gasteiger partial charge < -0.3 is 4.90 Å². The van der Waals surface area contributed by atoms with Gasteiger partial charge in [-0.15, -0.1) is 0 Å². The summed E-state index contributed by atoms with van der Waals surface area (Å²) in [6.45, 7) is 4.85. The van der Waals surface area contributed by atoms with Gasteiger partial charge in [0.25, 0.3) is 0 Å². The number of piperazine rings is 1. The SMILES string of the molecule is O=C(CC1CC2CCC1C2)N1CCN(Cc2ccccc2)CC1. The smallest absolute Gasteiger partial charge is 0.222 e. The fourth-order valence-corrected chi connectivity index (χ4v) is 4.98. The van der Waals surface area contributed by atoms with Gasteiger partial charge in [0.2, 0.25) is 5.91 Å². The van der Waals surface area contributed by atoms with Crippen LogP contribution in [0.3, 0.4) is 0 Å². The third-order valence-corrected chi connectivity index (χ3v) is 6.30. The van der Waals surface area contributed by atoms with E-state index in [2.05, 4.69) is 40.1 Å². The quantitative estimate of drug-likeness (QED) is 0.852. The Morgan fingerprint density at radius 1 is 1.00 bits per heavy atom. The van der Waals surface area contributed by atoms with Crippen molar-refractivity contribution in [2.45, 2.75) is 38.6 Å². The summed E-state index contributed by atoms with van der Waals surface area (Å²) in [7, 11) is 0. The van der Waals surface area contributed by atoms with Crippen molar-refractivity contribution >= 4 is 5.91 Å². The molecule has 0 spiro atoms. The van der Waals surface area contributed by atoms with Crippen molar-refractivity contribution < 1.29 is 4.79 Å². The molecule has 4 rings (SSSR count). The molecule has 1 saturated heterocycles. The number of nitrogens with zero attached hydrogens (tertiary/aromatic N) is 2. The van der Waals surface area contributed by atoms with Crippen molar-refractivity contribution in [3.63, 3.8) is 0 Å². The van der Waals surface area contributed by atoms with E-state index in [0.29, 0.717) is 11.8 Å². The number of hydrogen-bond donors (Lipinski definition) is 0. The molecule has 23 heavy (non-hydrogen) atoms. The van der Waals surface area contributed by atoms with E-state index in [1.165, 1.54) is 31.2 Å². The highest BCUT2D eigenvalue weighted by atomic mass is 16.2. The number of benzene rings is 1. The first-order valence-electron chi connectivity index (χ1n) is 9.32. The maximum Gasteiger partial charge on any atom is 0.222 e. The molecule has 1 aromatic rings. The predicted molar refractivity (Wildman–Crippen MR) is 91.9 cm³/mol. The zero-order chi connectivity index (χ0) is 15.6. The summed E-state index contributed by atoms with van der Waals surface area (Å²) in [5.41, 5.74) is 1.37. The van der Waals surface area contributed by atoms with Crippen LogP contribution in [0.15, 0.2) is 30.3 Å². The van der Waals surface area contributed by atoms with E-state index in [-0.39, 0.29) is 0 Å².